The molecular formula is C18H16O4. The molecule has 0 N–H and O–H groups in total. The van der Waals surface area contributed by atoms with Crippen molar-refractivity contribution in [3.8, 4) is 11.5 Å². The molecule has 0 aliphatic heterocycles. The summed E-state index contributed by atoms with van der Waals surface area (Å²) in [6.45, 7) is 1.35. The van der Waals surface area contributed by atoms with E-state index in [4.69, 9.17) is 9.47 Å². The maximum absolute atomic E-state index is 12.9. The van der Waals surface area contributed by atoms with E-state index in [9.17, 15) is 9.59 Å². The summed E-state index contributed by atoms with van der Waals surface area (Å²) >= 11 is 0. The number of carbonyl (C=O) groups is 2. The Morgan fingerprint density at radius 3 is 2.55 bits per heavy atom. The topological polar surface area (TPSA) is 52.6 Å². The van der Waals surface area contributed by atoms with Crippen LogP contribution in [0.2, 0.25) is 0 Å². The van der Waals surface area contributed by atoms with Gasteiger partial charge in [0.1, 0.15) is 11.5 Å². The second-order valence-electron chi connectivity index (χ2n) is 5.24. The molecule has 4 heteroatoms. The number of esters is 1. The van der Waals surface area contributed by atoms with Crippen molar-refractivity contribution >= 4 is 11.8 Å². The van der Waals surface area contributed by atoms with Crippen LogP contribution in [0.3, 0.4) is 0 Å². The lowest BCUT2D eigenvalue weighted by atomic mass is 9.98. The van der Waals surface area contributed by atoms with E-state index in [1.54, 1.807) is 12.1 Å². The zero-order valence-corrected chi connectivity index (χ0v) is 12.5. The summed E-state index contributed by atoms with van der Waals surface area (Å²) in [5.41, 5.74) is 3.14. The molecule has 1 aliphatic carbocycles. The number of ketones is 1. The van der Waals surface area contributed by atoms with E-state index in [0.29, 0.717) is 29.0 Å². The highest BCUT2D eigenvalue weighted by atomic mass is 16.5. The van der Waals surface area contributed by atoms with Crippen LogP contribution in [-0.2, 0) is 17.6 Å². The van der Waals surface area contributed by atoms with Crippen LogP contribution in [0.25, 0.3) is 0 Å². The van der Waals surface area contributed by atoms with Gasteiger partial charge in [0.2, 0.25) is 0 Å². The molecule has 4 nitrogen and oxygen atoms in total. The second-order valence-corrected chi connectivity index (χ2v) is 5.24. The van der Waals surface area contributed by atoms with Gasteiger partial charge in [0.25, 0.3) is 0 Å². The molecule has 0 saturated carbocycles. The van der Waals surface area contributed by atoms with Crippen molar-refractivity contribution in [2.24, 2.45) is 0 Å². The first-order chi connectivity index (χ1) is 10.6. The number of hydrogen-bond acceptors (Lipinski definition) is 4. The van der Waals surface area contributed by atoms with Crippen molar-refractivity contribution in [1.82, 2.24) is 0 Å². The summed E-state index contributed by atoms with van der Waals surface area (Å²) in [5, 5.41) is 0. The number of methoxy groups -OCH3 is 1. The molecule has 1 aliphatic rings. The Labute approximate surface area is 128 Å². The van der Waals surface area contributed by atoms with Crippen LogP contribution in [0, 0.1) is 0 Å². The molecule has 0 heterocycles. The van der Waals surface area contributed by atoms with E-state index >= 15 is 0 Å². The number of hydrogen-bond donors (Lipinski definition) is 0. The molecule has 0 aromatic heterocycles. The summed E-state index contributed by atoms with van der Waals surface area (Å²) < 4.78 is 10.5. The first-order valence-electron chi connectivity index (χ1n) is 7.12. The van der Waals surface area contributed by atoms with Crippen molar-refractivity contribution in [2.75, 3.05) is 7.11 Å². The lowest BCUT2D eigenvalue weighted by Crippen LogP contribution is -2.08. The largest absolute Gasteiger partial charge is 0.496 e. The predicted octanol–water partition coefficient (Wildman–Crippen LogP) is 2.95. The number of fused-ring (bicyclic) bond motifs is 2. The van der Waals surface area contributed by atoms with Gasteiger partial charge in [-0.3, -0.25) is 9.59 Å². The summed E-state index contributed by atoms with van der Waals surface area (Å²) in [6.07, 6.45) is 1.46. The van der Waals surface area contributed by atoms with Crippen LogP contribution in [0.5, 0.6) is 11.5 Å². The Kier molecular flexibility index (Phi) is 3.67. The Bertz CT molecular complexity index is 762. The van der Waals surface area contributed by atoms with Gasteiger partial charge in [0, 0.05) is 18.6 Å². The van der Waals surface area contributed by atoms with E-state index in [0.717, 1.165) is 17.5 Å². The summed E-state index contributed by atoms with van der Waals surface area (Å²) in [7, 11) is 1.51. The van der Waals surface area contributed by atoms with E-state index < -0.39 is 5.97 Å². The Hall–Kier alpha value is -2.62. The third-order valence-electron chi connectivity index (χ3n) is 3.79. The molecule has 0 saturated heterocycles. The first-order valence-corrected chi connectivity index (χ1v) is 7.12. The molecule has 2 aromatic rings. The van der Waals surface area contributed by atoms with Gasteiger partial charge in [0.15, 0.2) is 5.78 Å². The molecule has 112 valence electrons. The molecular weight excluding hydrogens is 280 g/mol. The predicted molar refractivity (Wildman–Crippen MR) is 81.6 cm³/mol. The monoisotopic (exact) mass is 296 g/mol. The van der Waals surface area contributed by atoms with E-state index in [1.807, 2.05) is 24.3 Å². The highest BCUT2D eigenvalue weighted by Crippen LogP contribution is 2.34. The summed E-state index contributed by atoms with van der Waals surface area (Å²) in [6, 6.07) is 10.9. The maximum Gasteiger partial charge on any atom is 0.308 e. The lowest BCUT2D eigenvalue weighted by molar-refractivity contribution is -0.131. The average molecular weight is 296 g/mol. The van der Waals surface area contributed by atoms with E-state index in [1.165, 1.54) is 14.0 Å². The van der Waals surface area contributed by atoms with Crippen LogP contribution in [-0.4, -0.2) is 18.9 Å². The molecule has 0 radical (unpaired) electrons. The number of ether oxygens (including phenoxy) is 2. The van der Waals surface area contributed by atoms with Gasteiger partial charge in [0.05, 0.1) is 12.7 Å². The van der Waals surface area contributed by atoms with Crippen LogP contribution in [0.1, 0.15) is 34.0 Å². The first kappa shape index (κ1) is 14.3. The molecule has 0 amide bonds. The number of rotatable bonds is 2. The smallest absolute Gasteiger partial charge is 0.308 e. The van der Waals surface area contributed by atoms with E-state index in [2.05, 4.69) is 0 Å². The van der Waals surface area contributed by atoms with Crippen LogP contribution in [0.15, 0.2) is 36.4 Å². The van der Waals surface area contributed by atoms with Crippen molar-refractivity contribution in [2.45, 2.75) is 19.8 Å². The molecule has 3 rings (SSSR count). The van der Waals surface area contributed by atoms with Gasteiger partial charge in [-0.25, -0.2) is 0 Å². The van der Waals surface area contributed by atoms with Gasteiger partial charge in [-0.1, -0.05) is 24.3 Å². The number of carbonyl (C=O) groups excluding carboxylic acids is 2. The number of aryl methyl sites for hydroxylation is 2. The van der Waals surface area contributed by atoms with Crippen LogP contribution in [0.4, 0.5) is 0 Å². The van der Waals surface area contributed by atoms with Crippen LogP contribution < -0.4 is 9.47 Å². The minimum atomic E-state index is -0.398. The Balaban J connectivity index is 2.15. The third-order valence-corrected chi connectivity index (χ3v) is 3.79. The minimum Gasteiger partial charge on any atom is -0.496 e. The highest BCUT2D eigenvalue weighted by molar-refractivity contribution is 6.13. The van der Waals surface area contributed by atoms with Gasteiger partial charge in [-0.15, -0.1) is 0 Å². The summed E-state index contributed by atoms with van der Waals surface area (Å²) in [4.78, 5) is 24.0. The quantitative estimate of drug-likeness (QED) is 0.631. The molecule has 22 heavy (non-hydrogen) atoms. The normalized spacial score (nSPS) is 12.9. The fourth-order valence-corrected chi connectivity index (χ4v) is 2.85. The molecule has 0 atom stereocenters. The standard InChI is InChI=1S/C18H16O4/c1-11(19)22-14-9-13-8-7-12-5-3-4-6-15(12)18(20)17(13)16(10-14)21-2/h3-6,9-10H,7-8H2,1-2H3. The zero-order chi connectivity index (χ0) is 15.7. The number of benzene rings is 2. The maximum atomic E-state index is 12.9. The highest BCUT2D eigenvalue weighted by Gasteiger charge is 2.25. The zero-order valence-electron chi connectivity index (χ0n) is 12.5. The van der Waals surface area contributed by atoms with Gasteiger partial charge in [-0.2, -0.15) is 0 Å². The molecule has 0 spiro atoms. The fourth-order valence-electron chi connectivity index (χ4n) is 2.85. The average Bonchev–Trinajstić information content (AvgIpc) is 2.64. The van der Waals surface area contributed by atoms with Crippen LogP contribution >= 0.6 is 0 Å². The molecule has 2 aromatic carbocycles. The molecule has 0 unspecified atom stereocenters. The Morgan fingerprint density at radius 1 is 1.09 bits per heavy atom. The second kappa shape index (κ2) is 5.64. The van der Waals surface area contributed by atoms with Crippen molar-refractivity contribution in [3.05, 3.63) is 58.7 Å². The fraction of sp³-hybridized carbons (Fsp3) is 0.222. The van der Waals surface area contributed by atoms with Crippen molar-refractivity contribution < 1.29 is 19.1 Å². The summed E-state index contributed by atoms with van der Waals surface area (Å²) in [5.74, 6) is 0.400. The van der Waals surface area contributed by atoms with Gasteiger partial charge < -0.3 is 9.47 Å². The van der Waals surface area contributed by atoms with Gasteiger partial charge >= 0.3 is 5.97 Å². The third kappa shape index (κ3) is 2.48. The van der Waals surface area contributed by atoms with Crippen molar-refractivity contribution in [3.63, 3.8) is 0 Å². The van der Waals surface area contributed by atoms with Crippen molar-refractivity contribution in [1.29, 1.82) is 0 Å². The SMILES string of the molecule is COc1cc(OC(C)=O)cc2c1C(=O)c1ccccc1CC2. The Morgan fingerprint density at radius 2 is 1.82 bits per heavy atom. The molecule has 0 bridgehead atoms. The van der Waals surface area contributed by atoms with E-state index in [-0.39, 0.29) is 5.78 Å². The van der Waals surface area contributed by atoms with Gasteiger partial charge in [-0.05, 0) is 30.0 Å². The molecule has 0 fully saturated rings. The lowest BCUT2D eigenvalue weighted by Gasteiger charge is -2.13. The minimum absolute atomic E-state index is 0.0469.